The average molecular weight is 384 g/mol. The fourth-order valence-electron chi connectivity index (χ4n) is 2.19. The van der Waals surface area contributed by atoms with Crippen molar-refractivity contribution in [2.45, 2.75) is 23.9 Å². The topological polar surface area (TPSA) is 123 Å². The van der Waals surface area contributed by atoms with Crippen LogP contribution >= 0.6 is 0 Å². The summed E-state index contributed by atoms with van der Waals surface area (Å²) in [7, 11) is 0. The maximum Gasteiger partial charge on any atom is 0.573 e. The van der Waals surface area contributed by atoms with Gasteiger partial charge in [-0.2, -0.15) is 0 Å². The summed E-state index contributed by atoms with van der Waals surface area (Å²) in [5.74, 6) is -1.69. The zero-order chi connectivity index (χ0) is 20.0. The second-order valence-corrected chi connectivity index (χ2v) is 5.56. The molecule has 8 N–H and O–H groups in total. The lowest BCUT2D eigenvalue weighted by Crippen LogP contribution is -2.54. The Morgan fingerprint density at radius 2 is 1.42 bits per heavy atom. The summed E-state index contributed by atoms with van der Waals surface area (Å²) in [5.41, 5.74) is 18.1. The number of rotatable bonds is 3. The van der Waals surface area contributed by atoms with Gasteiger partial charge < -0.3 is 32.4 Å². The number of hydrogen-bond donors (Lipinski definition) is 4. The predicted molar refractivity (Wildman–Crippen MR) is 78.9 cm³/mol. The highest BCUT2D eigenvalue weighted by Gasteiger charge is 2.42. The highest BCUT2D eigenvalue weighted by molar-refractivity contribution is 5.57. The molecular weight excluding hydrogens is 370 g/mol. The van der Waals surface area contributed by atoms with E-state index in [-0.39, 0.29) is 11.3 Å². The van der Waals surface area contributed by atoms with Crippen molar-refractivity contribution in [2.75, 3.05) is 5.73 Å². The molecule has 0 saturated carbocycles. The SMILES string of the molecule is Nc1ccc(C2(N)C=CC(N)(N)C(OC(F)(F)F)=C2)cc1OC(F)(F)F. The zero-order valence-corrected chi connectivity index (χ0v) is 12.9. The zero-order valence-electron chi connectivity index (χ0n) is 12.9. The van der Waals surface area contributed by atoms with Gasteiger partial charge in [0.05, 0.1) is 11.2 Å². The normalized spacial score (nSPS) is 22.7. The first kappa shape index (κ1) is 19.9. The maximum absolute atomic E-state index is 12.5. The molecule has 6 nitrogen and oxygen atoms in total. The lowest BCUT2D eigenvalue weighted by atomic mass is 9.83. The van der Waals surface area contributed by atoms with Crippen LogP contribution in [-0.4, -0.2) is 18.4 Å². The van der Waals surface area contributed by atoms with Crippen LogP contribution in [0.1, 0.15) is 5.56 Å². The molecule has 1 aliphatic carbocycles. The van der Waals surface area contributed by atoms with E-state index in [9.17, 15) is 26.3 Å². The monoisotopic (exact) mass is 384 g/mol. The van der Waals surface area contributed by atoms with Gasteiger partial charge >= 0.3 is 12.7 Å². The van der Waals surface area contributed by atoms with Crippen LogP contribution < -0.4 is 27.7 Å². The van der Waals surface area contributed by atoms with Crippen LogP contribution in [0, 0.1) is 0 Å². The van der Waals surface area contributed by atoms with E-state index in [4.69, 9.17) is 22.9 Å². The third-order valence-electron chi connectivity index (χ3n) is 3.40. The quantitative estimate of drug-likeness (QED) is 0.273. The third-order valence-corrected chi connectivity index (χ3v) is 3.40. The van der Waals surface area contributed by atoms with Crippen molar-refractivity contribution in [2.24, 2.45) is 17.2 Å². The van der Waals surface area contributed by atoms with Crippen LogP contribution in [0.25, 0.3) is 0 Å². The molecule has 1 unspecified atom stereocenters. The van der Waals surface area contributed by atoms with Gasteiger partial charge in [-0.25, -0.2) is 0 Å². The summed E-state index contributed by atoms with van der Waals surface area (Å²) < 4.78 is 82.5. The molecule has 0 aromatic heterocycles. The van der Waals surface area contributed by atoms with Crippen molar-refractivity contribution in [3.8, 4) is 5.75 Å². The number of alkyl halides is 6. The average Bonchev–Trinajstić information content (AvgIpc) is 2.43. The van der Waals surface area contributed by atoms with Gasteiger partial charge in [0.2, 0.25) is 0 Å². The number of anilines is 1. The molecule has 0 radical (unpaired) electrons. The second kappa shape index (κ2) is 6.07. The number of hydrogen-bond acceptors (Lipinski definition) is 6. The maximum atomic E-state index is 12.5. The summed E-state index contributed by atoms with van der Waals surface area (Å²) in [6.45, 7) is 0. The lowest BCUT2D eigenvalue weighted by molar-refractivity contribution is -0.309. The van der Waals surface area contributed by atoms with Gasteiger partial charge in [-0.3, -0.25) is 0 Å². The fourth-order valence-corrected chi connectivity index (χ4v) is 2.19. The molecule has 0 fully saturated rings. The Morgan fingerprint density at radius 3 is 1.96 bits per heavy atom. The number of ether oxygens (including phenoxy) is 2. The Labute approximate surface area is 143 Å². The molecule has 0 amide bonds. The Kier molecular flexibility index (Phi) is 4.64. The largest absolute Gasteiger partial charge is 0.573 e. The Balaban J connectivity index is 2.48. The van der Waals surface area contributed by atoms with Crippen LogP contribution in [0.2, 0.25) is 0 Å². The molecule has 0 aliphatic heterocycles. The minimum atomic E-state index is -5.10. The molecule has 1 atom stereocenters. The van der Waals surface area contributed by atoms with Crippen molar-refractivity contribution < 1.29 is 35.8 Å². The van der Waals surface area contributed by atoms with Gasteiger partial charge in [-0.1, -0.05) is 12.1 Å². The van der Waals surface area contributed by atoms with E-state index in [1.807, 2.05) is 0 Å². The van der Waals surface area contributed by atoms with Gasteiger partial charge in [0.1, 0.15) is 11.4 Å². The Morgan fingerprint density at radius 1 is 0.846 bits per heavy atom. The molecule has 0 spiro atoms. The van der Waals surface area contributed by atoms with Crippen LogP contribution in [0.5, 0.6) is 5.75 Å². The van der Waals surface area contributed by atoms with Crippen molar-refractivity contribution in [1.82, 2.24) is 0 Å². The number of nitrogens with two attached hydrogens (primary N) is 4. The molecule has 144 valence electrons. The van der Waals surface area contributed by atoms with E-state index in [0.29, 0.717) is 0 Å². The fraction of sp³-hybridized carbons (Fsp3) is 0.286. The van der Waals surface area contributed by atoms with Crippen molar-refractivity contribution in [3.05, 3.63) is 47.7 Å². The van der Waals surface area contributed by atoms with Crippen molar-refractivity contribution in [3.63, 3.8) is 0 Å². The first-order valence-corrected chi connectivity index (χ1v) is 6.83. The number of nitrogen functional groups attached to an aromatic ring is 1. The third kappa shape index (κ3) is 4.59. The van der Waals surface area contributed by atoms with E-state index >= 15 is 0 Å². The number of benzene rings is 1. The molecule has 2 rings (SSSR count). The molecule has 1 aliphatic rings. The van der Waals surface area contributed by atoms with Gasteiger partial charge in [-0.05, 0) is 29.8 Å². The second-order valence-electron chi connectivity index (χ2n) is 5.56. The summed E-state index contributed by atoms with van der Waals surface area (Å²) in [6.07, 6.45) is -7.31. The highest BCUT2D eigenvalue weighted by Crippen LogP contribution is 2.37. The predicted octanol–water partition coefficient (Wildman–Crippen LogP) is 1.93. The van der Waals surface area contributed by atoms with Crippen molar-refractivity contribution >= 4 is 5.69 Å². The standard InChI is InChI=1S/C14H14F6N4O2/c15-13(16,17)25-9-5-7(1-2-8(9)21)11(22)3-4-12(23,24)10(6-11)26-14(18,19)20/h1-6H,21-24H2. The van der Waals surface area contributed by atoms with Crippen LogP contribution in [0.3, 0.4) is 0 Å². The Bertz CT molecular complexity index is 757. The first-order chi connectivity index (χ1) is 11.6. The minimum absolute atomic E-state index is 0.0685. The van der Waals surface area contributed by atoms with E-state index in [2.05, 4.69) is 9.47 Å². The smallest absolute Gasteiger partial charge is 0.407 e. The van der Waals surface area contributed by atoms with Crippen LogP contribution in [0.15, 0.2) is 42.2 Å². The Hall–Kier alpha value is -2.44. The van der Waals surface area contributed by atoms with Gasteiger partial charge in [0.25, 0.3) is 0 Å². The number of halogens is 6. The van der Waals surface area contributed by atoms with Gasteiger partial charge in [0, 0.05) is 0 Å². The summed E-state index contributed by atoms with van der Waals surface area (Å²) in [6, 6.07) is 3.11. The minimum Gasteiger partial charge on any atom is -0.407 e. The van der Waals surface area contributed by atoms with Gasteiger partial charge in [0.15, 0.2) is 5.75 Å². The first-order valence-electron chi connectivity index (χ1n) is 6.83. The summed E-state index contributed by atoms with van der Waals surface area (Å²) >= 11 is 0. The molecule has 1 aromatic rings. The molecule has 0 saturated heterocycles. The lowest BCUT2D eigenvalue weighted by Gasteiger charge is -2.35. The van der Waals surface area contributed by atoms with Gasteiger partial charge in [-0.15, -0.1) is 26.3 Å². The van der Waals surface area contributed by atoms with E-state index in [0.717, 1.165) is 30.4 Å². The molecule has 0 bridgehead atoms. The summed E-state index contributed by atoms with van der Waals surface area (Å²) in [4.78, 5) is 0. The van der Waals surface area contributed by atoms with Crippen molar-refractivity contribution in [1.29, 1.82) is 0 Å². The van der Waals surface area contributed by atoms with E-state index < -0.39 is 35.4 Å². The molecular formula is C14H14F6N4O2. The molecule has 26 heavy (non-hydrogen) atoms. The van der Waals surface area contributed by atoms with Crippen LogP contribution in [0.4, 0.5) is 32.0 Å². The van der Waals surface area contributed by atoms with Crippen LogP contribution in [-0.2, 0) is 10.3 Å². The molecule has 0 heterocycles. The molecule has 1 aromatic carbocycles. The van der Waals surface area contributed by atoms with E-state index in [1.165, 1.54) is 6.07 Å². The highest BCUT2D eigenvalue weighted by atomic mass is 19.4. The molecule has 12 heteroatoms. The summed E-state index contributed by atoms with van der Waals surface area (Å²) in [5, 5.41) is 0. The van der Waals surface area contributed by atoms with E-state index in [1.54, 1.807) is 0 Å².